The first-order valence-corrected chi connectivity index (χ1v) is 16.4. The van der Waals surface area contributed by atoms with Gasteiger partial charge in [0.1, 0.15) is 13.2 Å². The van der Waals surface area contributed by atoms with E-state index in [-0.39, 0.29) is 38.1 Å². The van der Waals surface area contributed by atoms with Gasteiger partial charge in [0.05, 0.1) is 24.4 Å². The van der Waals surface area contributed by atoms with Crippen LogP contribution in [0.25, 0.3) is 0 Å². The normalized spacial score (nSPS) is 16.0. The van der Waals surface area contributed by atoms with Crippen molar-refractivity contribution in [1.29, 1.82) is 0 Å². The average Bonchev–Trinajstić information content (AvgIpc) is 2.96. The minimum Gasteiger partial charge on any atom is -0.447 e. The van der Waals surface area contributed by atoms with Gasteiger partial charge in [-0.05, 0) is 25.0 Å². The van der Waals surface area contributed by atoms with Gasteiger partial charge in [0, 0.05) is 32.6 Å². The summed E-state index contributed by atoms with van der Waals surface area (Å²) in [5, 5.41) is 0. The summed E-state index contributed by atoms with van der Waals surface area (Å²) in [5.74, 6) is -0.414. The lowest BCUT2D eigenvalue weighted by molar-refractivity contribution is -0.161. The fourth-order valence-electron chi connectivity index (χ4n) is 5.04. The first-order valence-electron chi connectivity index (χ1n) is 16.4. The lowest BCUT2D eigenvalue weighted by Crippen LogP contribution is -2.46. The maximum Gasteiger partial charge on any atom is 0.416 e. The molecule has 0 unspecified atom stereocenters. The molecule has 1 aromatic rings. The van der Waals surface area contributed by atoms with Crippen molar-refractivity contribution < 1.29 is 28.6 Å². The lowest BCUT2D eigenvalue weighted by Gasteiger charge is -2.35. The van der Waals surface area contributed by atoms with Crippen molar-refractivity contribution in [3.8, 4) is 0 Å². The number of nitrogens with zero attached hydrogens (tertiary/aromatic N) is 3. The van der Waals surface area contributed by atoms with E-state index in [2.05, 4.69) is 18.8 Å². The van der Waals surface area contributed by atoms with Gasteiger partial charge in [0.2, 0.25) is 5.91 Å². The largest absolute Gasteiger partial charge is 0.447 e. The summed E-state index contributed by atoms with van der Waals surface area (Å²) in [6.45, 7) is 7.52. The zero-order chi connectivity index (χ0) is 30.4. The summed E-state index contributed by atoms with van der Waals surface area (Å²) in [4.78, 5) is 44.4. The second kappa shape index (κ2) is 21.9. The zero-order valence-electron chi connectivity index (χ0n) is 26.4. The van der Waals surface area contributed by atoms with Gasteiger partial charge in [-0.15, -0.1) is 0 Å². The third-order valence-corrected chi connectivity index (χ3v) is 7.66. The summed E-state index contributed by atoms with van der Waals surface area (Å²) >= 11 is 0. The van der Waals surface area contributed by atoms with Crippen LogP contribution in [0.15, 0.2) is 24.4 Å². The molecule has 9 nitrogen and oxygen atoms in total. The van der Waals surface area contributed by atoms with Crippen LogP contribution in [0.2, 0.25) is 0 Å². The number of pyridine rings is 1. The molecule has 3 amide bonds. The molecule has 0 aliphatic carbocycles. The number of amides is 3. The van der Waals surface area contributed by atoms with Crippen LogP contribution in [0.5, 0.6) is 0 Å². The van der Waals surface area contributed by atoms with Gasteiger partial charge in [0.15, 0.2) is 0 Å². The molecule has 1 aromatic heterocycles. The van der Waals surface area contributed by atoms with E-state index in [0.29, 0.717) is 12.1 Å². The van der Waals surface area contributed by atoms with E-state index in [1.807, 2.05) is 4.90 Å². The molecule has 2 heterocycles. The number of aromatic nitrogens is 1. The van der Waals surface area contributed by atoms with E-state index in [1.165, 1.54) is 71.1 Å². The number of hydrogen-bond acceptors (Lipinski definition) is 7. The molecule has 0 spiro atoms. The Morgan fingerprint density at radius 1 is 0.786 bits per heavy atom. The van der Waals surface area contributed by atoms with Crippen LogP contribution in [0.3, 0.4) is 0 Å². The Kier molecular flexibility index (Phi) is 18.6. The maximum atomic E-state index is 12.9. The topological polar surface area (TPSA) is 98.3 Å². The fourth-order valence-corrected chi connectivity index (χ4v) is 5.04. The Balaban J connectivity index is 1.67. The van der Waals surface area contributed by atoms with Crippen LogP contribution in [-0.4, -0.2) is 71.4 Å². The monoisotopic (exact) mass is 589 g/mol. The molecule has 1 fully saturated rings. The van der Waals surface area contributed by atoms with E-state index >= 15 is 0 Å². The Morgan fingerprint density at radius 3 is 1.76 bits per heavy atom. The summed E-state index contributed by atoms with van der Waals surface area (Å²) in [5.41, 5.74) is 0.597. The van der Waals surface area contributed by atoms with Crippen LogP contribution in [-0.2, 0) is 25.5 Å². The molecular formula is C33H55N3O6. The highest BCUT2D eigenvalue weighted by molar-refractivity contribution is 5.90. The lowest BCUT2D eigenvalue weighted by atomic mass is 10.1. The molecule has 2 rings (SSSR count). The SMILES string of the molecule is CCCCCCCCCCN(CCCCCCCC)C(=O)OC[C@@H]1C[C@H](COC(=O)N(Cc2ccccn2)C(C)=O)O1. The van der Waals surface area contributed by atoms with Gasteiger partial charge in [0.25, 0.3) is 0 Å². The quantitative estimate of drug-likeness (QED) is 0.128. The third-order valence-electron chi connectivity index (χ3n) is 7.66. The minimum absolute atomic E-state index is 0.0396. The van der Waals surface area contributed by atoms with E-state index in [1.54, 1.807) is 24.4 Å². The number of imide groups is 1. The molecular weight excluding hydrogens is 534 g/mol. The molecule has 1 saturated heterocycles. The molecule has 1 aliphatic rings. The smallest absolute Gasteiger partial charge is 0.416 e. The fraction of sp³-hybridized carbons (Fsp3) is 0.758. The highest BCUT2D eigenvalue weighted by Gasteiger charge is 2.33. The van der Waals surface area contributed by atoms with E-state index in [0.717, 1.165) is 43.7 Å². The van der Waals surface area contributed by atoms with Crippen LogP contribution in [0.4, 0.5) is 9.59 Å². The van der Waals surface area contributed by atoms with Crippen LogP contribution in [0.1, 0.15) is 123 Å². The molecule has 0 saturated carbocycles. The highest BCUT2D eigenvalue weighted by atomic mass is 16.6. The van der Waals surface area contributed by atoms with Gasteiger partial charge in [-0.2, -0.15) is 0 Å². The molecule has 0 bridgehead atoms. The first kappa shape index (κ1) is 35.5. The van der Waals surface area contributed by atoms with Gasteiger partial charge in [-0.1, -0.05) is 97.0 Å². The number of unbranched alkanes of at least 4 members (excludes halogenated alkanes) is 12. The molecule has 42 heavy (non-hydrogen) atoms. The summed E-state index contributed by atoms with van der Waals surface area (Å²) in [7, 11) is 0. The number of hydrogen-bond donors (Lipinski definition) is 0. The predicted molar refractivity (Wildman–Crippen MR) is 164 cm³/mol. The molecule has 1 aliphatic heterocycles. The van der Waals surface area contributed by atoms with Crippen molar-refractivity contribution in [2.45, 2.75) is 136 Å². The summed E-state index contributed by atoms with van der Waals surface area (Å²) < 4.78 is 16.7. The minimum atomic E-state index is -0.724. The van der Waals surface area contributed by atoms with Crippen molar-refractivity contribution in [3.05, 3.63) is 30.1 Å². The Hall–Kier alpha value is -2.68. The number of rotatable bonds is 22. The van der Waals surface area contributed by atoms with Crippen LogP contribution < -0.4 is 0 Å². The highest BCUT2D eigenvalue weighted by Crippen LogP contribution is 2.22. The van der Waals surface area contributed by atoms with Gasteiger partial charge < -0.3 is 19.1 Å². The van der Waals surface area contributed by atoms with Crippen molar-refractivity contribution in [2.75, 3.05) is 26.3 Å². The zero-order valence-corrected chi connectivity index (χ0v) is 26.4. The Labute approximate surface area is 253 Å². The number of carbonyl (C=O) groups is 3. The van der Waals surface area contributed by atoms with Gasteiger partial charge in [-0.3, -0.25) is 9.78 Å². The van der Waals surface area contributed by atoms with Crippen molar-refractivity contribution in [3.63, 3.8) is 0 Å². The van der Waals surface area contributed by atoms with E-state index in [9.17, 15) is 14.4 Å². The second-order valence-electron chi connectivity index (χ2n) is 11.4. The predicted octanol–water partition coefficient (Wildman–Crippen LogP) is 7.66. The van der Waals surface area contributed by atoms with Crippen molar-refractivity contribution in [1.82, 2.24) is 14.8 Å². The first-order chi connectivity index (χ1) is 20.4. The number of ether oxygens (including phenoxy) is 3. The second-order valence-corrected chi connectivity index (χ2v) is 11.4. The van der Waals surface area contributed by atoms with Crippen LogP contribution in [0, 0.1) is 0 Å². The molecule has 0 N–H and O–H groups in total. The molecule has 9 heteroatoms. The summed E-state index contributed by atoms with van der Waals surface area (Å²) in [6, 6.07) is 5.31. The molecule has 0 radical (unpaired) electrons. The van der Waals surface area contributed by atoms with Crippen molar-refractivity contribution >= 4 is 18.1 Å². The standard InChI is InChI=1S/C33H55N3O6/c1-4-6-8-10-12-13-15-19-23-35(22-18-14-11-9-7-5-2)32(38)40-26-30-24-31(42-30)27-41-33(39)36(28(3)37)25-29-20-16-17-21-34-29/h16-17,20-21,30-31H,4-15,18-19,22-27H2,1-3H3/t30-,31+/m0/s1. The third kappa shape index (κ3) is 15.0. The van der Waals surface area contributed by atoms with E-state index in [4.69, 9.17) is 14.2 Å². The molecule has 2 atom stereocenters. The van der Waals surface area contributed by atoms with Gasteiger partial charge >= 0.3 is 12.2 Å². The maximum absolute atomic E-state index is 12.9. The van der Waals surface area contributed by atoms with E-state index < -0.39 is 12.0 Å². The molecule has 0 aromatic carbocycles. The van der Waals surface area contributed by atoms with Crippen molar-refractivity contribution in [2.24, 2.45) is 0 Å². The summed E-state index contributed by atoms with van der Waals surface area (Å²) in [6.07, 6.45) is 17.7. The Bertz CT molecular complexity index is 878. The Morgan fingerprint density at radius 2 is 1.29 bits per heavy atom. The average molecular weight is 590 g/mol. The number of carbonyl (C=O) groups excluding carboxylic acids is 3. The molecule has 238 valence electrons. The van der Waals surface area contributed by atoms with Gasteiger partial charge in [-0.25, -0.2) is 14.5 Å². The van der Waals surface area contributed by atoms with Crippen LogP contribution >= 0.6 is 0 Å².